The highest BCUT2D eigenvalue weighted by atomic mass is 14.8. The number of pyridine rings is 3. The Balaban J connectivity index is 2.02. The van der Waals surface area contributed by atoms with E-state index in [4.69, 9.17) is 10.7 Å². The zero-order chi connectivity index (χ0) is 14.9. The zero-order valence-electron chi connectivity index (χ0n) is 12.4. The number of nitrogen functional groups attached to an aromatic ring is 1. The lowest BCUT2D eigenvalue weighted by molar-refractivity contribution is 0.725. The molecule has 1 saturated carbocycles. The summed E-state index contributed by atoms with van der Waals surface area (Å²) in [5.74, 6) is 0.508. The summed E-state index contributed by atoms with van der Waals surface area (Å²) in [4.78, 5) is 13.2. The van der Waals surface area contributed by atoms with Gasteiger partial charge >= 0.3 is 0 Å². The van der Waals surface area contributed by atoms with Crippen molar-refractivity contribution >= 4 is 16.6 Å². The van der Waals surface area contributed by atoms with Crippen molar-refractivity contribution < 1.29 is 0 Å². The zero-order valence-corrected chi connectivity index (χ0v) is 12.4. The molecule has 4 nitrogen and oxygen atoms in total. The first-order valence-corrected chi connectivity index (χ1v) is 7.78. The Labute approximate surface area is 129 Å². The number of anilines is 1. The van der Waals surface area contributed by atoms with Crippen LogP contribution in [0.4, 0.5) is 5.69 Å². The molecule has 0 spiro atoms. The van der Waals surface area contributed by atoms with Crippen LogP contribution in [0.5, 0.6) is 0 Å². The summed E-state index contributed by atoms with van der Waals surface area (Å²) in [5.41, 5.74) is 11.6. The highest BCUT2D eigenvalue weighted by Crippen LogP contribution is 2.43. The van der Waals surface area contributed by atoms with E-state index < -0.39 is 0 Å². The Morgan fingerprint density at radius 3 is 2.45 bits per heavy atom. The van der Waals surface area contributed by atoms with Gasteiger partial charge in [-0.3, -0.25) is 9.97 Å². The van der Waals surface area contributed by atoms with E-state index in [1.165, 1.54) is 31.2 Å². The maximum atomic E-state index is 6.55. The third-order valence-electron chi connectivity index (χ3n) is 4.58. The molecule has 4 heteroatoms. The second-order valence-electron chi connectivity index (χ2n) is 5.90. The van der Waals surface area contributed by atoms with Crippen molar-refractivity contribution in [3.8, 4) is 11.3 Å². The van der Waals surface area contributed by atoms with Gasteiger partial charge in [0.25, 0.3) is 0 Å². The highest BCUT2D eigenvalue weighted by molar-refractivity contribution is 5.95. The molecule has 2 N–H and O–H groups in total. The van der Waals surface area contributed by atoms with Gasteiger partial charge in [0, 0.05) is 40.8 Å². The van der Waals surface area contributed by atoms with Gasteiger partial charge in [0.2, 0.25) is 0 Å². The average molecular weight is 290 g/mol. The molecule has 22 heavy (non-hydrogen) atoms. The Hall–Kier alpha value is -2.49. The summed E-state index contributed by atoms with van der Waals surface area (Å²) in [5, 5.41) is 1.01. The summed E-state index contributed by atoms with van der Waals surface area (Å²) in [6.07, 6.45) is 12.1. The minimum atomic E-state index is 0.508. The summed E-state index contributed by atoms with van der Waals surface area (Å²) in [7, 11) is 0. The van der Waals surface area contributed by atoms with Crippen LogP contribution in [-0.4, -0.2) is 15.0 Å². The van der Waals surface area contributed by atoms with Gasteiger partial charge in [-0.25, -0.2) is 4.98 Å². The predicted molar refractivity (Wildman–Crippen MR) is 88.4 cm³/mol. The van der Waals surface area contributed by atoms with E-state index in [0.717, 1.165) is 27.8 Å². The highest BCUT2D eigenvalue weighted by Gasteiger charge is 2.25. The molecule has 3 aromatic rings. The van der Waals surface area contributed by atoms with Gasteiger partial charge < -0.3 is 5.73 Å². The SMILES string of the molecule is Nc1c(C2CCCC2)c(-c2ccncc2)nc2cnccc12. The monoisotopic (exact) mass is 290 g/mol. The number of fused-ring (bicyclic) bond motifs is 1. The van der Waals surface area contributed by atoms with Crippen molar-refractivity contribution in [3.05, 3.63) is 48.5 Å². The molecule has 1 fully saturated rings. The van der Waals surface area contributed by atoms with E-state index in [1.54, 1.807) is 24.8 Å². The van der Waals surface area contributed by atoms with Gasteiger partial charge in [0.1, 0.15) is 0 Å². The minimum Gasteiger partial charge on any atom is -0.398 e. The molecule has 3 aromatic heterocycles. The molecule has 1 aliphatic carbocycles. The Kier molecular flexibility index (Phi) is 3.22. The van der Waals surface area contributed by atoms with E-state index in [9.17, 15) is 0 Å². The molecule has 0 bridgehead atoms. The Bertz CT molecular complexity index is 808. The fourth-order valence-electron chi connectivity index (χ4n) is 3.51. The summed E-state index contributed by atoms with van der Waals surface area (Å²) >= 11 is 0. The van der Waals surface area contributed by atoms with E-state index in [1.807, 2.05) is 18.2 Å². The quantitative estimate of drug-likeness (QED) is 0.776. The number of hydrogen-bond acceptors (Lipinski definition) is 4. The molecule has 0 saturated heterocycles. The number of nitrogens with zero attached hydrogens (tertiary/aromatic N) is 3. The lowest BCUT2D eigenvalue weighted by atomic mass is 9.90. The third kappa shape index (κ3) is 2.11. The molecule has 1 aliphatic rings. The van der Waals surface area contributed by atoms with Crippen molar-refractivity contribution in [2.45, 2.75) is 31.6 Å². The molecular formula is C18H18N4. The Morgan fingerprint density at radius 2 is 1.68 bits per heavy atom. The van der Waals surface area contributed by atoms with Crippen LogP contribution in [0.1, 0.15) is 37.2 Å². The molecule has 0 atom stereocenters. The van der Waals surface area contributed by atoms with Crippen LogP contribution in [0.2, 0.25) is 0 Å². The summed E-state index contributed by atoms with van der Waals surface area (Å²) in [6.45, 7) is 0. The summed E-state index contributed by atoms with van der Waals surface area (Å²) < 4.78 is 0. The molecule has 0 aromatic carbocycles. The van der Waals surface area contributed by atoms with Crippen LogP contribution in [-0.2, 0) is 0 Å². The molecule has 110 valence electrons. The fraction of sp³-hybridized carbons (Fsp3) is 0.278. The van der Waals surface area contributed by atoms with Crippen LogP contribution >= 0.6 is 0 Å². The van der Waals surface area contributed by atoms with Crippen molar-refractivity contribution in [1.82, 2.24) is 15.0 Å². The fourth-order valence-corrected chi connectivity index (χ4v) is 3.51. The normalized spacial score (nSPS) is 15.5. The number of rotatable bonds is 2. The maximum Gasteiger partial charge on any atom is 0.0913 e. The standard InChI is InChI=1S/C18H18N4/c19-17-14-7-10-21-11-15(14)22-18(13-5-8-20-9-6-13)16(17)12-3-1-2-4-12/h5-12H,1-4H2,(H2,19,22). The molecule has 3 heterocycles. The van der Waals surface area contributed by atoms with Gasteiger partial charge in [-0.05, 0) is 37.0 Å². The van der Waals surface area contributed by atoms with Crippen LogP contribution < -0.4 is 5.73 Å². The van der Waals surface area contributed by atoms with E-state index in [0.29, 0.717) is 5.92 Å². The molecular weight excluding hydrogens is 272 g/mol. The van der Waals surface area contributed by atoms with Crippen LogP contribution in [0.15, 0.2) is 43.0 Å². The van der Waals surface area contributed by atoms with Gasteiger partial charge in [-0.1, -0.05) is 12.8 Å². The van der Waals surface area contributed by atoms with E-state index in [2.05, 4.69) is 9.97 Å². The number of aromatic nitrogens is 3. The van der Waals surface area contributed by atoms with Gasteiger partial charge in [0.15, 0.2) is 0 Å². The first-order valence-electron chi connectivity index (χ1n) is 7.78. The van der Waals surface area contributed by atoms with E-state index >= 15 is 0 Å². The molecule has 0 aliphatic heterocycles. The number of nitrogens with two attached hydrogens (primary N) is 1. The predicted octanol–water partition coefficient (Wildman–Crippen LogP) is 3.93. The molecule has 0 radical (unpaired) electrons. The molecule has 0 amide bonds. The Morgan fingerprint density at radius 1 is 0.955 bits per heavy atom. The van der Waals surface area contributed by atoms with Crippen LogP contribution in [0.3, 0.4) is 0 Å². The van der Waals surface area contributed by atoms with Crippen molar-refractivity contribution in [3.63, 3.8) is 0 Å². The van der Waals surface area contributed by atoms with Gasteiger partial charge in [-0.15, -0.1) is 0 Å². The van der Waals surface area contributed by atoms with Crippen molar-refractivity contribution in [1.29, 1.82) is 0 Å². The largest absolute Gasteiger partial charge is 0.398 e. The molecule has 4 rings (SSSR count). The third-order valence-corrected chi connectivity index (χ3v) is 4.58. The van der Waals surface area contributed by atoms with Crippen molar-refractivity contribution in [2.75, 3.05) is 5.73 Å². The first-order chi connectivity index (χ1) is 10.8. The first kappa shape index (κ1) is 13.2. The van der Waals surface area contributed by atoms with Gasteiger partial charge in [-0.2, -0.15) is 0 Å². The van der Waals surface area contributed by atoms with Crippen LogP contribution in [0.25, 0.3) is 22.2 Å². The molecule has 0 unspecified atom stereocenters. The second kappa shape index (κ2) is 5.37. The topological polar surface area (TPSA) is 64.7 Å². The van der Waals surface area contributed by atoms with Crippen molar-refractivity contribution in [2.24, 2.45) is 0 Å². The number of hydrogen-bond donors (Lipinski definition) is 1. The second-order valence-corrected chi connectivity index (χ2v) is 5.90. The van der Waals surface area contributed by atoms with E-state index in [-0.39, 0.29) is 0 Å². The maximum absolute atomic E-state index is 6.55. The minimum absolute atomic E-state index is 0.508. The summed E-state index contributed by atoms with van der Waals surface area (Å²) in [6, 6.07) is 5.97. The lowest BCUT2D eigenvalue weighted by Crippen LogP contribution is -2.05. The van der Waals surface area contributed by atoms with Gasteiger partial charge in [0.05, 0.1) is 17.4 Å². The average Bonchev–Trinajstić information content (AvgIpc) is 3.10. The lowest BCUT2D eigenvalue weighted by Gasteiger charge is -2.19. The smallest absolute Gasteiger partial charge is 0.0913 e. The van der Waals surface area contributed by atoms with Crippen LogP contribution in [0, 0.1) is 0 Å².